The van der Waals surface area contributed by atoms with Crippen molar-refractivity contribution in [3.05, 3.63) is 125 Å². The first-order chi connectivity index (χ1) is 19.6. The van der Waals surface area contributed by atoms with Crippen LogP contribution in [-0.4, -0.2) is 23.0 Å². The van der Waals surface area contributed by atoms with Crippen LogP contribution >= 0.6 is 11.3 Å². The standard InChI is InChI=1S/C32H21FN4O2S/c33-18-13-15-19(16-14-18)37-29(38)27-26-20-7-1-3-9-22(20)32(28(27)30(37)39,23-10-4-2-8-21(23)26)17-34-36-31-35-24-11-5-6-12-25(24)40-31/h1-17,26-28H,(H,35,36)/b34-17-/t26?,27-,28-,32?/m1/s1. The summed E-state index contributed by atoms with van der Waals surface area (Å²) in [6.07, 6.45) is 1.79. The Morgan fingerprint density at radius 2 is 1.50 bits per heavy atom. The minimum Gasteiger partial charge on any atom is -0.274 e. The molecule has 2 heterocycles. The number of rotatable bonds is 4. The van der Waals surface area contributed by atoms with Gasteiger partial charge >= 0.3 is 0 Å². The maximum atomic E-state index is 14.3. The molecular formula is C32H21FN4O2S. The first-order valence-corrected chi connectivity index (χ1v) is 13.9. The second-order valence-corrected chi connectivity index (χ2v) is 11.4. The van der Waals surface area contributed by atoms with E-state index in [9.17, 15) is 14.0 Å². The molecule has 4 aliphatic rings. The molecule has 0 spiro atoms. The summed E-state index contributed by atoms with van der Waals surface area (Å²) in [6.45, 7) is 0. The van der Waals surface area contributed by atoms with Gasteiger partial charge in [-0.2, -0.15) is 5.10 Å². The van der Waals surface area contributed by atoms with E-state index in [-0.39, 0.29) is 17.7 Å². The van der Waals surface area contributed by atoms with Gasteiger partial charge in [0.05, 0.1) is 33.2 Å². The number of nitrogens with zero attached hydrogens (tertiary/aromatic N) is 3. The van der Waals surface area contributed by atoms with Crippen LogP contribution in [0.1, 0.15) is 28.2 Å². The smallest absolute Gasteiger partial charge is 0.239 e. The number of nitrogens with one attached hydrogen (secondary N) is 1. The second-order valence-electron chi connectivity index (χ2n) is 10.4. The summed E-state index contributed by atoms with van der Waals surface area (Å²) in [6, 6.07) is 29.4. The van der Waals surface area contributed by atoms with E-state index >= 15 is 0 Å². The molecular weight excluding hydrogens is 523 g/mol. The number of benzene rings is 4. The predicted molar refractivity (Wildman–Crippen MR) is 153 cm³/mol. The van der Waals surface area contributed by atoms with Crippen molar-refractivity contribution in [3.8, 4) is 0 Å². The van der Waals surface area contributed by atoms with Crippen molar-refractivity contribution in [1.82, 2.24) is 4.98 Å². The number of aromatic nitrogens is 1. The van der Waals surface area contributed by atoms with Gasteiger partial charge in [-0.3, -0.25) is 15.0 Å². The average molecular weight is 545 g/mol. The summed E-state index contributed by atoms with van der Waals surface area (Å²) in [4.78, 5) is 34.3. The van der Waals surface area contributed by atoms with Crippen LogP contribution in [0.25, 0.3) is 10.2 Å². The number of carbonyl (C=O) groups excluding carboxylic acids is 2. The molecule has 1 aromatic heterocycles. The van der Waals surface area contributed by atoms with E-state index in [1.54, 1.807) is 6.21 Å². The molecule has 40 heavy (non-hydrogen) atoms. The molecule has 9 rings (SSSR count). The van der Waals surface area contributed by atoms with Crippen LogP contribution in [0.5, 0.6) is 0 Å². The summed E-state index contributed by atoms with van der Waals surface area (Å²) in [5.74, 6) is -2.59. The molecule has 5 aromatic rings. The van der Waals surface area contributed by atoms with Gasteiger partial charge in [0.15, 0.2) is 0 Å². The number of carbonyl (C=O) groups is 2. The van der Waals surface area contributed by atoms with Crippen LogP contribution < -0.4 is 10.3 Å². The van der Waals surface area contributed by atoms with Gasteiger partial charge in [-0.05, 0) is 58.7 Å². The molecule has 194 valence electrons. The lowest BCUT2D eigenvalue weighted by atomic mass is 9.47. The minimum absolute atomic E-state index is 0.271. The van der Waals surface area contributed by atoms with Crippen molar-refractivity contribution in [2.24, 2.45) is 16.9 Å². The second kappa shape index (κ2) is 8.40. The van der Waals surface area contributed by atoms with Crippen LogP contribution in [0.15, 0.2) is 102 Å². The summed E-state index contributed by atoms with van der Waals surface area (Å²) >= 11 is 1.49. The number of hydrazone groups is 1. The third-order valence-corrected chi connectivity index (χ3v) is 9.43. The van der Waals surface area contributed by atoms with Crippen LogP contribution in [0.2, 0.25) is 0 Å². The van der Waals surface area contributed by atoms with Crippen molar-refractivity contribution in [3.63, 3.8) is 0 Å². The Hall–Kier alpha value is -4.69. The lowest BCUT2D eigenvalue weighted by Gasteiger charge is -2.52. The molecule has 2 atom stereocenters. The SMILES string of the molecule is O=C1[C@@H]2C3c4ccccc4C(/C=N\Nc4nc5ccccc5s4)(c4ccccc43)[C@H]2C(=O)N1c1ccc(F)cc1. The molecule has 8 heteroatoms. The molecule has 1 fully saturated rings. The number of halogens is 1. The van der Waals surface area contributed by atoms with Gasteiger partial charge in [-0.15, -0.1) is 0 Å². The zero-order valence-corrected chi connectivity index (χ0v) is 21.8. The lowest BCUT2D eigenvalue weighted by molar-refractivity contribution is -0.122. The molecule has 2 bridgehead atoms. The fraction of sp³-hybridized carbons (Fsp3) is 0.125. The molecule has 1 saturated heterocycles. The topological polar surface area (TPSA) is 74.7 Å². The highest BCUT2D eigenvalue weighted by Crippen LogP contribution is 2.63. The fourth-order valence-corrected chi connectivity index (χ4v) is 7.82. The minimum atomic E-state index is -0.988. The summed E-state index contributed by atoms with van der Waals surface area (Å²) < 4.78 is 14.8. The summed E-state index contributed by atoms with van der Waals surface area (Å²) in [7, 11) is 0. The zero-order valence-electron chi connectivity index (χ0n) is 21.0. The van der Waals surface area contributed by atoms with Crippen LogP contribution in [0.4, 0.5) is 15.2 Å². The van der Waals surface area contributed by atoms with Crippen LogP contribution in [0, 0.1) is 17.7 Å². The third kappa shape index (κ3) is 3.02. The van der Waals surface area contributed by atoms with E-state index in [4.69, 9.17) is 5.10 Å². The molecule has 0 saturated carbocycles. The van der Waals surface area contributed by atoms with Crippen molar-refractivity contribution >= 4 is 50.4 Å². The van der Waals surface area contributed by atoms with Gasteiger partial charge in [0.2, 0.25) is 16.9 Å². The van der Waals surface area contributed by atoms with E-state index in [1.165, 1.54) is 40.5 Å². The van der Waals surface area contributed by atoms with E-state index in [1.807, 2.05) is 72.8 Å². The number of para-hydroxylation sites is 1. The Morgan fingerprint density at radius 3 is 2.20 bits per heavy atom. The predicted octanol–water partition coefficient (Wildman–Crippen LogP) is 6.08. The quantitative estimate of drug-likeness (QED) is 0.169. The van der Waals surface area contributed by atoms with Crippen molar-refractivity contribution < 1.29 is 14.0 Å². The van der Waals surface area contributed by atoms with E-state index in [2.05, 4.69) is 10.4 Å². The first-order valence-electron chi connectivity index (χ1n) is 13.1. The number of thiazole rings is 1. The Kier molecular flexibility index (Phi) is 4.88. The molecule has 6 nitrogen and oxygen atoms in total. The Morgan fingerprint density at radius 1 is 0.850 bits per heavy atom. The molecule has 2 amide bonds. The van der Waals surface area contributed by atoms with E-state index in [0.29, 0.717) is 10.8 Å². The maximum Gasteiger partial charge on any atom is 0.239 e. The van der Waals surface area contributed by atoms with E-state index in [0.717, 1.165) is 32.5 Å². The fourth-order valence-electron chi connectivity index (χ4n) is 7.00. The van der Waals surface area contributed by atoms with Crippen molar-refractivity contribution in [2.45, 2.75) is 11.3 Å². The molecule has 0 unspecified atom stereocenters. The van der Waals surface area contributed by atoms with Gasteiger partial charge in [0, 0.05) is 12.1 Å². The Bertz CT molecular complexity index is 1800. The summed E-state index contributed by atoms with van der Waals surface area (Å²) in [5.41, 5.74) is 7.35. The van der Waals surface area contributed by atoms with Gasteiger partial charge in [0.1, 0.15) is 5.82 Å². The normalized spacial score (nSPS) is 24.4. The monoisotopic (exact) mass is 544 g/mol. The van der Waals surface area contributed by atoms with Gasteiger partial charge in [-0.25, -0.2) is 14.3 Å². The molecule has 0 radical (unpaired) electrons. The lowest BCUT2D eigenvalue weighted by Crippen LogP contribution is -2.54. The number of anilines is 2. The molecule has 3 aliphatic carbocycles. The highest BCUT2D eigenvalue weighted by molar-refractivity contribution is 7.22. The van der Waals surface area contributed by atoms with Gasteiger partial charge in [0.25, 0.3) is 0 Å². The number of hydrogen-bond acceptors (Lipinski definition) is 6. The van der Waals surface area contributed by atoms with Crippen molar-refractivity contribution in [1.29, 1.82) is 0 Å². The number of fused-ring (bicyclic) bond motifs is 1. The Labute approximate surface area is 232 Å². The maximum absolute atomic E-state index is 14.3. The van der Waals surface area contributed by atoms with Gasteiger partial charge in [-0.1, -0.05) is 72.0 Å². The zero-order chi connectivity index (χ0) is 27.0. The first kappa shape index (κ1) is 23.2. The van der Waals surface area contributed by atoms with Crippen LogP contribution in [0.3, 0.4) is 0 Å². The van der Waals surface area contributed by atoms with E-state index < -0.39 is 23.1 Å². The van der Waals surface area contributed by atoms with Gasteiger partial charge < -0.3 is 0 Å². The highest BCUT2D eigenvalue weighted by atomic mass is 32.1. The summed E-state index contributed by atoms with van der Waals surface area (Å²) in [5, 5.41) is 5.33. The molecule has 1 N–H and O–H groups in total. The average Bonchev–Trinajstić information content (AvgIpc) is 3.52. The Balaban J connectivity index is 1.32. The van der Waals surface area contributed by atoms with Crippen molar-refractivity contribution in [2.75, 3.05) is 10.3 Å². The number of amides is 2. The number of hydrogen-bond donors (Lipinski definition) is 1. The number of imide groups is 1. The third-order valence-electron chi connectivity index (χ3n) is 8.49. The molecule has 4 aromatic carbocycles. The molecule has 1 aliphatic heterocycles. The largest absolute Gasteiger partial charge is 0.274 e. The van der Waals surface area contributed by atoms with Crippen LogP contribution in [-0.2, 0) is 15.0 Å². The highest BCUT2D eigenvalue weighted by Gasteiger charge is 2.68.